The monoisotopic (exact) mass is 390 g/mol. The zero-order valence-electron chi connectivity index (χ0n) is 15.4. The van der Waals surface area contributed by atoms with Gasteiger partial charge in [0.2, 0.25) is 0 Å². The second-order valence-electron chi connectivity index (χ2n) is 6.32. The summed E-state index contributed by atoms with van der Waals surface area (Å²) >= 11 is 0. The van der Waals surface area contributed by atoms with E-state index >= 15 is 0 Å². The van der Waals surface area contributed by atoms with E-state index in [0.717, 1.165) is 10.8 Å². The number of carboxylic acid groups (broad SMARTS) is 2. The zero-order valence-corrected chi connectivity index (χ0v) is 15.4. The number of fused-ring (bicyclic) bond motifs is 1. The molecule has 3 aromatic carbocycles. The minimum atomic E-state index is -1.39. The fourth-order valence-electron chi connectivity index (χ4n) is 3.12. The van der Waals surface area contributed by atoms with Crippen LogP contribution in [-0.2, 0) is 14.4 Å². The van der Waals surface area contributed by atoms with Crippen LogP contribution in [0.2, 0.25) is 0 Å². The molecule has 0 spiro atoms. The molecule has 0 aliphatic rings. The Balaban J connectivity index is 2.10. The molecule has 0 bridgehead atoms. The summed E-state index contributed by atoms with van der Waals surface area (Å²) < 4.78 is 5.30. The van der Waals surface area contributed by atoms with Gasteiger partial charge < -0.3 is 14.9 Å². The standard InChI is InChI=1S/C23H18O6/c24-21(25)13-20(23(27)28)19(14-22(26)29-16-9-2-1-3-10-16)18-12-6-8-15-7-4-5-11-17(15)18/h1-12H,13-14H2,(H,24,25)(H,27,28). The Hall–Kier alpha value is -3.93. The van der Waals surface area contributed by atoms with E-state index in [9.17, 15) is 24.6 Å². The zero-order chi connectivity index (χ0) is 20.8. The number of para-hydroxylation sites is 1. The Morgan fingerprint density at radius 3 is 2.10 bits per heavy atom. The van der Waals surface area contributed by atoms with Gasteiger partial charge in [0.25, 0.3) is 0 Å². The second kappa shape index (κ2) is 8.84. The summed E-state index contributed by atoms with van der Waals surface area (Å²) in [6, 6.07) is 21.0. The highest BCUT2D eigenvalue weighted by atomic mass is 16.5. The third-order valence-electron chi connectivity index (χ3n) is 4.36. The SMILES string of the molecule is O=C(O)CC(C(=O)O)=C(CC(=O)Oc1ccccc1)c1cccc2ccccc12. The first kappa shape index (κ1) is 19.8. The molecule has 3 rings (SSSR count). The minimum Gasteiger partial charge on any atom is -0.481 e. The summed E-state index contributed by atoms with van der Waals surface area (Å²) in [6.07, 6.45) is -1.09. The molecule has 0 aromatic heterocycles. The Bertz CT molecular complexity index is 1090. The average Bonchev–Trinajstić information content (AvgIpc) is 2.70. The molecular weight excluding hydrogens is 372 g/mol. The maximum Gasteiger partial charge on any atom is 0.332 e. The van der Waals surface area contributed by atoms with E-state index < -0.39 is 24.3 Å². The lowest BCUT2D eigenvalue weighted by atomic mass is 9.91. The maximum atomic E-state index is 12.5. The number of hydrogen-bond donors (Lipinski definition) is 2. The van der Waals surface area contributed by atoms with Gasteiger partial charge in [0, 0.05) is 0 Å². The van der Waals surface area contributed by atoms with Gasteiger partial charge >= 0.3 is 17.9 Å². The van der Waals surface area contributed by atoms with E-state index in [1.54, 1.807) is 54.6 Å². The van der Waals surface area contributed by atoms with Crippen molar-refractivity contribution in [2.75, 3.05) is 0 Å². The van der Waals surface area contributed by atoms with E-state index in [1.807, 2.05) is 18.2 Å². The molecule has 146 valence electrons. The molecule has 0 fully saturated rings. The van der Waals surface area contributed by atoms with Crippen LogP contribution in [0.25, 0.3) is 16.3 Å². The highest BCUT2D eigenvalue weighted by molar-refractivity contribution is 6.07. The third-order valence-corrected chi connectivity index (χ3v) is 4.36. The maximum absolute atomic E-state index is 12.5. The van der Waals surface area contributed by atoms with E-state index in [1.165, 1.54) is 0 Å². The number of aliphatic carboxylic acids is 2. The predicted octanol–water partition coefficient (Wildman–Crippen LogP) is 4.15. The molecule has 0 saturated heterocycles. The smallest absolute Gasteiger partial charge is 0.332 e. The van der Waals surface area contributed by atoms with Crippen molar-refractivity contribution < 1.29 is 29.3 Å². The lowest BCUT2D eigenvalue weighted by Gasteiger charge is -2.14. The molecule has 0 aliphatic heterocycles. The van der Waals surface area contributed by atoms with Crippen LogP contribution < -0.4 is 4.74 Å². The average molecular weight is 390 g/mol. The summed E-state index contributed by atoms with van der Waals surface area (Å²) in [6.45, 7) is 0. The Morgan fingerprint density at radius 1 is 0.759 bits per heavy atom. The Kier molecular flexibility index (Phi) is 6.04. The van der Waals surface area contributed by atoms with Crippen LogP contribution in [0, 0.1) is 0 Å². The first-order valence-corrected chi connectivity index (χ1v) is 8.86. The van der Waals surface area contributed by atoms with Crippen molar-refractivity contribution >= 4 is 34.3 Å². The largest absolute Gasteiger partial charge is 0.481 e. The molecule has 0 heterocycles. The fraction of sp³-hybridized carbons (Fsp3) is 0.0870. The quantitative estimate of drug-likeness (QED) is 0.357. The third kappa shape index (κ3) is 4.87. The van der Waals surface area contributed by atoms with Crippen molar-refractivity contribution in [3.63, 3.8) is 0 Å². The second-order valence-corrected chi connectivity index (χ2v) is 6.32. The van der Waals surface area contributed by atoms with E-state index in [2.05, 4.69) is 0 Å². The van der Waals surface area contributed by atoms with Gasteiger partial charge in [-0.15, -0.1) is 0 Å². The van der Waals surface area contributed by atoms with E-state index in [4.69, 9.17) is 4.74 Å². The van der Waals surface area contributed by atoms with Gasteiger partial charge in [-0.25, -0.2) is 4.79 Å². The molecule has 3 aromatic rings. The first-order valence-electron chi connectivity index (χ1n) is 8.86. The van der Waals surface area contributed by atoms with Crippen molar-refractivity contribution in [3.8, 4) is 5.75 Å². The van der Waals surface area contributed by atoms with Crippen LogP contribution in [0.1, 0.15) is 18.4 Å². The van der Waals surface area contributed by atoms with Gasteiger partial charge in [0.05, 0.1) is 18.4 Å². The normalized spacial score (nSPS) is 11.6. The lowest BCUT2D eigenvalue weighted by Crippen LogP contribution is -2.14. The number of carbonyl (C=O) groups is 3. The van der Waals surface area contributed by atoms with Gasteiger partial charge in [-0.1, -0.05) is 60.7 Å². The summed E-state index contributed by atoms with van der Waals surface area (Å²) in [5.41, 5.74) is 0.267. The van der Waals surface area contributed by atoms with E-state index in [0.29, 0.717) is 11.3 Å². The number of benzene rings is 3. The molecular formula is C23H18O6. The number of carbonyl (C=O) groups excluding carboxylic acids is 1. The van der Waals surface area contributed by atoms with Crippen LogP contribution in [0.15, 0.2) is 78.4 Å². The Morgan fingerprint density at radius 2 is 1.41 bits per heavy atom. The molecule has 6 nitrogen and oxygen atoms in total. The van der Waals surface area contributed by atoms with E-state index in [-0.39, 0.29) is 17.6 Å². The van der Waals surface area contributed by atoms with Gasteiger partial charge in [-0.2, -0.15) is 0 Å². The van der Waals surface area contributed by atoms with Gasteiger partial charge in [-0.3, -0.25) is 9.59 Å². The molecule has 0 aliphatic carbocycles. The number of carboxylic acids is 2. The van der Waals surface area contributed by atoms with Crippen molar-refractivity contribution in [3.05, 3.63) is 83.9 Å². The molecule has 6 heteroatoms. The van der Waals surface area contributed by atoms with Crippen molar-refractivity contribution in [2.45, 2.75) is 12.8 Å². The number of ether oxygens (including phenoxy) is 1. The summed E-state index contributed by atoms with van der Waals surface area (Å²) in [5, 5.41) is 20.4. The van der Waals surface area contributed by atoms with Crippen LogP contribution in [0.3, 0.4) is 0 Å². The molecule has 0 saturated carbocycles. The van der Waals surface area contributed by atoms with Gasteiger partial charge in [0.1, 0.15) is 5.75 Å². The number of rotatable bonds is 7. The van der Waals surface area contributed by atoms with Crippen LogP contribution in [0.4, 0.5) is 0 Å². The molecule has 0 unspecified atom stereocenters. The van der Waals surface area contributed by atoms with Crippen LogP contribution >= 0.6 is 0 Å². The van der Waals surface area contributed by atoms with Crippen LogP contribution in [0.5, 0.6) is 5.75 Å². The topological polar surface area (TPSA) is 101 Å². The number of hydrogen-bond acceptors (Lipinski definition) is 4. The van der Waals surface area contributed by atoms with Gasteiger partial charge in [-0.05, 0) is 34.0 Å². The lowest BCUT2D eigenvalue weighted by molar-refractivity contribution is -0.139. The minimum absolute atomic E-state index is 0.123. The fourth-order valence-corrected chi connectivity index (χ4v) is 3.12. The number of esters is 1. The highest BCUT2D eigenvalue weighted by Crippen LogP contribution is 2.31. The van der Waals surface area contributed by atoms with Crippen molar-refractivity contribution in [1.82, 2.24) is 0 Å². The molecule has 0 amide bonds. The molecule has 0 atom stereocenters. The molecule has 2 N–H and O–H groups in total. The molecule has 0 radical (unpaired) electrons. The van der Waals surface area contributed by atoms with Crippen molar-refractivity contribution in [1.29, 1.82) is 0 Å². The first-order chi connectivity index (χ1) is 14.0. The summed E-state index contributed by atoms with van der Waals surface area (Å²) in [4.78, 5) is 35.7. The molecule has 29 heavy (non-hydrogen) atoms. The highest BCUT2D eigenvalue weighted by Gasteiger charge is 2.23. The van der Waals surface area contributed by atoms with Gasteiger partial charge in [0.15, 0.2) is 0 Å². The van der Waals surface area contributed by atoms with Crippen LogP contribution in [-0.4, -0.2) is 28.1 Å². The summed E-state index contributed by atoms with van der Waals surface area (Å²) in [5.74, 6) is -3.03. The predicted molar refractivity (Wildman–Crippen MR) is 107 cm³/mol. The van der Waals surface area contributed by atoms with Crippen molar-refractivity contribution in [2.24, 2.45) is 0 Å². The Labute approximate surface area is 166 Å². The summed E-state index contributed by atoms with van der Waals surface area (Å²) in [7, 11) is 0.